The molecule has 146 valence electrons. The molecule has 0 aliphatic carbocycles. The van der Waals surface area contributed by atoms with Crippen molar-refractivity contribution in [2.75, 3.05) is 0 Å². The van der Waals surface area contributed by atoms with E-state index >= 15 is 0 Å². The van der Waals surface area contributed by atoms with Crippen LogP contribution in [0.5, 0.6) is 5.75 Å². The summed E-state index contributed by atoms with van der Waals surface area (Å²) in [7, 11) is 1.65. The Morgan fingerprint density at radius 2 is 1.82 bits per heavy atom. The van der Waals surface area contributed by atoms with Gasteiger partial charge in [0.25, 0.3) is 5.56 Å². The van der Waals surface area contributed by atoms with Crippen molar-refractivity contribution in [1.82, 2.24) is 9.78 Å². The zero-order valence-corrected chi connectivity index (χ0v) is 16.7. The molecule has 0 aliphatic rings. The van der Waals surface area contributed by atoms with E-state index in [4.69, 9.17) is 0 Å². The first-order valence-corrected chi connectivity index (χ1v) is 9.39. The lowest BCUT2D eigenvalue weighted by Crippen LogP contribution is -2.14. The second-order valence-electron chi connectivity index (χ2n) is 7.61. The minimum Gasteiger partial charge on any atom is -0.506 e. The summed E-state index contributed by atoms with van der Waals surface area (Å²) in [5.74, 6) is 0.0383. The average molecular weight is 378 g/mol. The monoisotopic (exact) mass is 378 g/mol. The van der Waals surface area contributed by atoms with E-state index in [1.54, 1.807) is 13.1 Å². The molecular weight excluding hydrogens is 352 g/mol. The van der Waals surface area contributed by atoms with Gasteiger partial charge in [0, 0.05) is 13.5 Å². The van der Waals surface area contributed by atoms with Crippen molar-refractivity contribution in [2.24, 2.45) is 17.3 Å². The summed E-state index contributed by atoms with van der Waals surface area (Å²) in [5.41, 5.74) is 3.13. The first-order valence-electron chi connectivity index (χ1n) is 9.39. The number of nitrogens with one attached hydrogen (secondary N) is 1. The molecule has 6 heteroatoms. The summed E-state index contributed by atoms with van der Waals surface area (Å²) in [6.07, 6.45) is 1.49. The number of H-pyrrole nitrogens is 1. The molecule has 6 nitrogen and oxygen atoms in total. The molecule has 3 aromatic rings. The van der Waals surface area contributed by atoms with Gasteiger partial charge in [0.15, 0.2) is 5.69 Å². The molecule has 2 N–H and O–H groups in total. The fourth-order valence-corrected chi connectivity index (χ4v) is 2.95. The Kier molecular flexibility index (Phi) is 5.49. The lowest BCUT2D eigenvalue weighted by atomic mass is 9.82. The van der Waals surface area contributed by atoms with Crippen molar-refractivity contribution in [3.8, 4) is 5.75 Å². The largest absolute Gasteiger partial charge is 0.506 e. The predicted octanol–water partition coefficient (Wildman–Crippen LogP) is 5.11. The van der Waals surface area contributed by atoms with Crippen LogP contribution in [0.2, 0.25) is 0 Å². The number of aromatic nitrogens is 2. The Morgan fingerprint density at radius 3 is 2.50 bits per heavy atom. The van der Waals surface area contributed by atoms with Crippen LogP contribution in [0.4, 0.5) is 11.4 Å². The minimum absolute atomic E-state index is 0.0383. The third kappa shape index (κ3) is 4.06. The summed E-state index contributed by atoms with van der Waals surface area (Å²) >= 11 is 0. The minimum atomic E-state index is -0.251. The van der Waals surface area contributed by atoms with Gasteiger partial charge in [0.1, 0.15) is 11.4 Å². The van der Waals surface area contributed by atoms with E-state index in [9.17, 15) is 9.90 Å². The Bertz CT molecular complexity index is 1050. The smallest absolute Gasteiger partial charge is 0.294 e. The zero-order chi connectivity index (χ0) is 20.3. The molecule has 0 unspecified atom stereocenters. The van der Waals surface area contributed by atoms with Gasteiger partial charge in [-0.25, -0.2) is 0 Å². The Morgan fingerprint density at radius 1 is 1.11 bits per heavy atom. The zero-order valence-electron chi connectivity index (χ0n) is 16.7. The predicted molar refractivity (Wildman–Crippen MR) is 111 cm³/mol. The van der Waals surface area contributed by atoms with Gasteiger partial charge in [-0.3, -0.25) is 14.6 Å². The second-order valence-corrected chi connectivity index (χ2v) is 7.61. The maximum absolute atomic E-state index is 12.5. The van der Waals surface area contributed by atoms with E-state index in [1.807, 2.05) is 42.5 Å². The van der Waals surface area contributed by atoms with Gasteiger partial charge >= 0.3 is 0 Å². The molecular formula is C22H26N4O2. The number of aromatic amines is 1. The van der Waals surface area contributed by atoms with E-state index in [0.29, 0.717) is 17.8 Å². The van der Waals surface area contributed by atoms with Crippen LogP contribution in [0.1, 0.15) is 44.0 Å². The molecule has 0 saturated carbocycles. The number of benzene rings is 2. The number of phenols is 1. The third-order valence-corrected chi connectivity index (χ3v) is 5.22. The Labute approximate surface area is 164 Å². The standard InChI is InChI=1S/C22H26N4O2/c1-5-22(2,3)16-11-12-19(27)17(14-16)23-24-20-18(25-26(4)21(20)28)13-15-9-7-6-8-10-15/h6-12,14,25,27H,5,13H2,1-4H3. The van der Waals surface area contributed by atoms with Crippen LogP contribution < -0.4 is 5.56 Å². The summed E-state index contributed by atoms with van der Waals surface area (Å²) in [5, 5.41) is 21.6. The second kappa shape index (κ2) is 7.84. The highest BCUT2D eigenvalue weighted by Gasteiger charge is 2.19. The average Bonchev–Trinajstić information content (AvgIpc) is 2.95. The third-order valence-electron chi connectivity index (χ3n) is 5.22. The lowest BCUT2D eigenvalue weighted by Gasteiger charge is -2.23. The summed E-state index contributed by atoms with van der Waals surface area (Å²) in [4.78, 5) is 12.5. The van der Waals surface area contributed by atoms with E-state index in [1.165, 1.54) is 4.68 Å². The first kappa shape index (κ1) is 19.6. The molecule has 0 saturated heterocycles. The molecule has 0 atom stereocenters. The molecule has 1 aromatic heterocycles. The van der Waals surface area contributed by atoms with Crippen LogP contribution in [0.25, 0.3) is 0 Å². The van der Waals surface area contributed by atoms with Crippen LogP contribution in [-0.4, -0.2) is 14.9 Å². The fourth-order valence-electron chi connectivity index (χ4n) is 2.95. The SMILES string of the molecule is CCC(C)(C)c1ccc(O)c(N=Nc2c(Cc3ccccc3)[nH]n(C)c2=O)c1. The van der Waals surface area contributed by atoms with E-state index < -0.39 is 0 Å². The first-order chi connectivity index (χ1) is 13.3. The maximum atomic E-state index is 12.5. The normalized spacial score (nSPS) is 12.0. The quantitative estimate of drug-likeness (QED) is 0.584. The molecule has 0 aliphatic heterocycles. The van der Waals surface area contributed by atoms with Gasteiger partial charge in [0.2, 0.25) is 0 Å². The van der Waals surface area contributed by atoms with Crippen LogP contribution >= 0.6 is 0 Å². The maximum Gasteiger partial charge on any atom is 0.294 e. The van der Waals surface area contributed by atoms with Crippen LogP contribution in [0, 0.1) is 0 Å². The van der Waals surface area contributed by atoms with Gasteiger partial charge in [0.05, 0.1) is 5.69 Å². The summed E-state index contributed by atoms with van der Waals surface area (Å²) in [6.45, 7) is 6.40. The van der Waals surface area contributed by atoms with Crippen molar-refractivity contribution < 1.29 is 5.11 Å². The number of hydrogen-bond acceptors (Lipinski definition) is 4. The van der Waals surface area contributed by atoms with Gasteiger partial charge in [-0.05, 0) is 35.1 Å². The van der Waals surface area contributed by atoms with Gasteiger partial charge < -0.3 is 5.11 Å². The molecule has 3 rings (SSSR count). The van der Waals surface area contributed by atoms with Crippen molar-refractivity contribution in [1.29, 1.82) is 0 Å². The molecule has 2 aromatic carbocycles. The highest BCUT2D eigenvalue weighted by Crippen LogP contribution is 2.35. The summed E-state index contributed by atoms with van der Waals surface area (Å²) < 4.78 is 1.39. The van der Waals surface area contributed by atoms with Crippen LogP contribution in [0.3, 0.4) is 0 Å². The molecule has 0 bridgehead atoms. The molecule has 0 spiro atoms. The van der Waals surface area contributed by atoms with Crippen molar-refractivity contribution >= 4 is 11.4 Å². The molecule has 0 amide bonds. The number of azo groups is 1. The molecule has 0 radical (unpaired) electrons. The number of aromatic hydroxyl groups is 1. The lowest BCUT2D eigenvalue weighted by molar-refractivity contribution is 0.472. The molecule has 1 heterocycles. The van der Waals surface area contributed by atoms with Crippen molar-refractivity contribution in [2.45, 2.75) is 39.0 Å². The summed E-state index contributed by atoms with van der Waals surface area (Å²) in [6, 6.07) is 15.2. The number of nitrogens with zero attached hydrogens (tertiary/aromatic N) is 3. The van der Waals surface area contributed by atoms with Crippen molar-refractivity contribution in [3.05, 3.63) is 75.7 Å². The van der Waals surface area contributed by atoms with Crippen LogP contribution in [0.15, 0.2) is 63.6 Å². The number of rotatable bonds is 6. The Hall–Kier alpha value is -3.15. The topological polar surface area (TPSA) is 82.7 Å². The number of phenolic OH excluding ortho intramolecular Hbond substituents is 1. The Balaban J connectivity index is 1.97. The van der Waals surface area contributed by atoms with Crippen molar-refractivity contribution in [3.63, 3.8) is 0 Å². The van der Waals surface area contributed by atoms with Gasteiger partial charge in [-0.15, -0.1) is 10.2 Å². The van der Waals surface area contributed by atoms with E-state index in [0.717, 1.165) is 17.5 Å². The molecule has 0 fully saturated rings. The van der Waals surface area contributed by atoms with Gasteiger partial charge in [-0.2, -0.15) is 0 Å². The highest BCUT2D eigenvalue weighted by molar-refractivity contribution is 5.54. The fraction of sp³-hybridized carbons (Fsp3) is 0.318. The molecule has 28 heavy (non-hydrogen) atoms. The number of aryl methyl sites for hydroxylation is 1. The van der Waals surface area contributed by atoms with Gasteiger partial charge in [-0.1, -0.05) is 57.2 Å². The van der Waals surface area contributed by atoms with E-state index in [2.05, 4.69) is 36.1 Å². The number of hydrogen-bond donors (Lipinski definition) is 2. The highest BCUT2D eigenvalue weighted by atomic mass is 16.3. The van der Waals surface area contributed by atoms with Crippen LogP contribution in [-0.2, 0) is 18.9 Å². The van der Waals surface area contributed by atoms with E-state index in [-0.39, 0.29) is 22.4 Å².